The predicted octanol–water partition coefficient (Wildman–Crippen LogP) is 14.5. The van der Waals surface area contributed by atoms with Gasteiger partial charge in [0.25, 0.3) is 0 Å². The lowest BCUT2D eigenvalue weighted by atomic mass is 9.67. The van der Waals surface area contributed by atoms with Gasteiger partial charge in [-0.25, -0.2) is 0 Å². The molecule has 0 saturated carbocycles. The zero-order chi connectivity index (χ0) is 39.0. The summed E-state index contributed by atoms with van der Waals surface area (Å²) in [6.45, 7) is 6.87. The molecule has 0 nitrogen and oxygen atoms in total. The third-order valence-corrected chi connectivity index (χ3v) is 13.7. The van der Waals surface area contributed by atoms with Crippen molar-refractivity contribution < 1.29 is 0 Å². The Morgan fingerprint density at radius 1 is 0.466 bits per heavy atom. The van der Waals surface area contributed by atoms with Crippen molar-refractivity contribution in [1.82, 2.24) is 0 Å². The van der Waals surface area contributed by atoms with Crippen LogP contribution >= 0.6 is 0 Å². The average Bonchev–Trinajstić information content (AvgIpc) is 3.71. The van der Waals surface area contributed by atoms with Crippen molar-refractivity contribution in [3.8, 4) is 44.5 Å². The van der Waals surface area contributed by atoms with Gasteiger partial charge in [0, 0.05) is 5.41 Å². The van der Waals surface area contributed by atoms with Gasteiger partial charge in [-0.3, -0.25) is 0 Å². The number of aryl methyl sites for hydroxylation is 2. The standard InChI is InChI=1S/C58H46/c1-38-25-29-40(30-26-38)42-33-34-49-53(35-42)58(44-16-6-4-7-17-44,45-18-8-5-9-19-45)52-24-14-15-43(55(49)52)37-57(3)51-23-13-12-22-48(51)56-47-21-11-10-20-46(47)50(36-54(56)57)41-31-27-39(2)28-32-41/h4-9,11-19,21-36H,10,20,37H2,1-3H3. The minimum atomic E-state index is -0.487. The molecule has 0 radical (unpaired) electrons. The summed E-state index contributed by atoms with van der Waals surface area (Å²) in [6, 6.07) is 67.0. The van der Waals surface area contributed by atoms with Crippen molar-refractivity contribution in [3.05, 3.63) is 243 Å². The zero-order valence-corrected chi connectivity index (χ0v) is 33.5. The van der Waals surface area contributed by atoms with Crippen LogP contribution in [-0.2, 0) is 23.7 Å². The van der Waals surface area contributed by atoms with Crippen molar-refractivity contribution in [2.75, 3.05) is 0 Å². The van der Waals surface area contributed by atoms with Crippen LogP contribution in [0.2, 0.25) is 0 Å². The van der Waals surface area contributed by atoms with Gasteiger partial charge in [0.15, 0.2) is 0 Å². The van der Waals surface area contributed by atoms with Crippen molar-refractivity contribution >= 4 is 6.08 Å². The first kappa shape index (κ1) is 34.7. The highest BCUT2D eigenvalue weighted by Gasteiger charge is 2.48. The van der Waals surface area contributed by atoms with Crippen molar-refractivity contribution in [1.29, 1.82) is 0 Å². The van der Waals surface area contributed by atoms with E-state index in [0.29, 0.717) is 0 Å². The number of rotatable bonds is 6. The topological polar surface area (TPSA) is 0 Å². The van der Waals surface area contributed by atoms with Gasteiger partial charge in [-0.15, -0.1) is 0 Å². The Bertz CT molecular complexity index is 2870. The van der Waals surface area contributed by atoms with E-state index in [0.717, 1.165) is 19.3 Å². The molecule has 0 aromatic heterocycles. The number of fused-ring (bicyclic) bond motifs is 8. The van der Waals surface area contributed by atoms with E-state index in [1.807, 2.05) is 0 Å². The predicted molar refractivity (Wildman–Crippen MR) is 243 cm³/mol. The number of allylic oxidation sites excluding steroid dienone is 1. The van der Waals surface area contributed by atoms with Gasteiger partial charge in [0.1, 0.15) is 0 Å². The van der Waals surface area contributed by atoms with Gasteiger partial charge in [0.2, 0.25) is 0 Å². The lowest BCUT2D eigenvalue weighted by molar-refractivity contribution is 0.583. The molecule has 8 aromatic carbocycles. The first-order valence-corrected chi connectivity index (χ1v) is 20.9. The van der Waals surface area contributed by atoms with Gasteiger partial charge in [-0.2, -0.15) is 0 Å². The molecule has 0 amide bonds. The van der Waals surface area contributed by atoms with Crippen LogP contribution in [0, 0.1) is 13.8 Å². The van der Waals surface area contributed by atoms with E-state index in [9.17, 15) is 0 Å². The molecule has 0 saturated heterocycles. The molecule has 58 heavy (non-hydrogen) atoms. The Morgan fingerprint density at radius 3 is 1.78 bits per heavy atom. The Kier molecular flexibility index (Phi) is 7.96. The smallest absolute Gasteiger partial charge is 0.0713 e. The Labute approximate surface area is 343 Å². The molecule has 3 aliphatic carbocycles. The van der Waals surface area contributed by atoms with Crippen molar-refractivity contribution in [3.63, 3.8) is 0 Å². The summed E-state index contributed by atoms with van der Waals surface area (Å²) in [7, 11) is 0. The summed E-state index contributed by atoms with van der Waals surface area (Å²) in [6.07, 6.45) is 7.84. The highest BCUT2D eigenvalue weighted by molar-refractivity contribution is 5.94. The molecule has 1 unspecified atom stereocenters. The molecule has 0 N–H and O–H groups in total. The summed E-state index contributed by atoms with van der Waals surface area (Å²) < 4.78 is 0. The van der Waals surface area contributed by atoms with E-state index >= 15 is 0 Å². The van der Waals surface area contributed by atoms with Crippen molar-refractivity contribution in [2.45, 2.75) is 50.9 Å². The van der Waals surface area contributed by atoms with Crippen LogP contribution in [0.15, 0.2) is 182 Å². The molecule has 1 atom stereocenters. The maximum Gasteiger partial charge on any atom is 0.0713 e. The first-order valence-electron chi connectivity index (χ1n) is 20.9. The molecule has 0 heterocycles. The lowest BCUT2D eigenvalue weighted by Crippen LogP contribution is -2.29. The maximum atomic E-state index is 2.58. The van der Waals surface area contributed by atoms with Crippen LogP contribution in [0.1, 0.15) is 74.5 Å². The average molecular weight is 743 g/mol. The fourth-order valence-corrected chi connectivity index (χ4v) is 10.9. The summed E-state index contributed by atoms with van der Waals surface area (Å²) in [4.78, 5) is 0. The molecule has 0 heteroatoms. The lowest BCUT2D eigenvalue weighted by Gasteiger charge is -2.34. The third kappa shape index (κ3) is 5.07. The van der Waals surface area contributed by atoms with Crippen molar-refractivity contribution in [2.24, 2.45) is 0 Å². The van der Waals surface area contributed by atoms with E-state index in [1.54, 1.807) is 0 Å². The van der Waals surface area contributed by atoms with Gasteiger partial charge in [-0.05, 0) is 140 Å². The van der Waals surface area contributed by atoms with Crippen LogP contribution in [0.25, 0.3) is 50.6 Å². The molecule has 3 aliphatic rings. The van der Waals surface area contributed by atoms with Gasteiger partial charge < -0.3 is 0 Å². The molecule has 0 aliphatic heterocycles. The molecule has 0 bridgehead atoms. The molecule has 11 rings (SSSR count). The van der Waals surface area contributed by atoms with E-state index in [-0.39, 0.29) is 5.41 Å². The van der Waals surface area contributed by atoms with Crippen LogP contribution in [-0.4, -0.2) is 0 Å². The van der Waals surface area contributed by atoms with Crippen LogP contribution in [0.4, 0.5) is 0 Å². The monoisotopic (exact) mass is 742 g/mol. The van der Waals surface area contributed by atoms with E-state index in [2.05, 4.69) is 209 Å². The Hall–Kier alpha value is -6.50. The quantitative estimate of drug-likeness (QED) is 0.159. The summed E-state index contributed by atoms with van der Waals surface area (Å²) in [5.74, 6) is 0. The summed E-state index contributed by atoms with van der Waals surface area (Å²) >= 11 is 0. The van der Waals surface area contributed by atoms with E-state index in [1.165, 1.54) is 106 Å². The normalized spacial score (nSPS) is 16.6. The highest BCUT2D eigenvalue weighted by Crippen LogP contribution is 2.60. The molecule has 0 spiro atoms. The number of hydrogen-bond acceptors (Lipinski definition) is 0. The Balaban J connectivity index is 1.17. The van der Waals surface area contributed by atoms with Gasteiger partial charge >= 0.3 is 0 Å². The minimum Gasteiger partial charge on any atom is -0.0836 e. The Morgan fingerprint density at radius 2 is 1.07 bits per heavy atom. The van der Waals surface area contributed by atoms with E-state index in [4.69, 9.17) is 0 Å². The minimum absolute atomic E-state index is 0.256. The molecule has 0 fully saturated rings. The fourth-order valence-electron chi connectivity index (χ4n) is 10.9. The molecule has 278 valence electrons. The second-order valence-electron chi connectivity index (χ2n) is 17.0. The van der Waals surface area contributed by atoms with Crippen LogP contribution in [0.5, 0.6) is 0 Å². The summed E-state index contributed by atoms with van der Waals surface area (Å²) in [5, 5.41) is 0. The molecular formula is C58H46. The molecular weight excluding hydrogens is 697 g/mol. The SMILES string of the molecule is Cc1ccc(-c2ccc3c(c2)C(c2ccccc2)(c2ccccc2)c2cccc(CC4(C)c5ccccc5-c5c4cc(-c4ccc(C)cc4)c4c5C=CCC4)c2-3)cc1. The largest absolute Gasteiger partial charge is 0.0836 e. The summed E-state index contributed by atoms with van der Waals surface area (Å²) in [5.41, 5.74) is 25.0. The van der Waals surface area contributed by atoms with Crippen LogP contribution < -0.4 is 0 Å². The zero-order valence-electron chi connectivity index (χ0n) is 33.5. The number of hydrogen-bond donors (Lipinski definition) is 0. The highest BCUT2D eigenvalue weighted by atomic mass is 14.5. The van der Waals surface area contributed by atoms with Gasteiger partial charge in [-0.1, -0.05) is 194 Å². The second kappa shape index (κ2) is 13.3. The second-order valence-corrected chi connectivity index (χ2v) is 17.0. The third-order valence-electron chi connectivity index (χ3n) is 13.7. The molecule has 8 aromatic rings. The van der Waals surface area contributed by atoms with Crippen LogP contribution in [0.3, 0.4) is 0 Å². The number of benzene rings is 8. The maximum absolute atomic E-state index is 2.58. The fraction of sp³-hybridized carbons (Fsp3) is 0.138. The van der Waals surface area contributed by atoms with E-state index < -0.39 is 5.41 Å². The first-order chi connectivity index (χ1) is 28.4. The van der Waals surface area contributed by atoms with Gasteiger partial charge in [0.05, 0.1) is 5.41 Å².